The van der Waals surface area contributed by atoms with E-state index in [0.29, 0.717) is 22.7 Å². The lowest BCUT2D eigenvalue weighted by atomic mass is 9.94. The lowest BCUT2D eigenvalue weighted by Gasteiger charge is -2.26. The number of methoxy groups -OCH3 is 1. The molecule has 0 spiro atoms. The lowest BCUT2D eigenvalue weighted by molar-refractivity contribution is -0.132. The SMILES string of the molecule is COc1ccc(F)cc1/C(O)=C1\C(=O)C(=O)N(c2ccc3c(c2)OCO3)C1c1ccc(N(C)C)cc1. The van der Waals surface area contributed by atoms with E-state index in [-0.39, 0.29) is 23.7 Å². The molecule has 0 saturated carbocycles. The molecule has 3 aromatic rings. The molecule has 2 aliphatic rings. The summed E-state index contributed by atoms with van der Waals surface area (Å²) in [7, 11) is 5.15. The second-order valence-corrected chi connectivity index (χ2v) is 8.54. The first-order chi connectivity index (χ1) is 17.3. The normalized spacial score (nSPS) is 18.0. The Bertz CT molecular complexity index is 1400. The molecule has 5 rings (SSSR count). The van der Waals surface area contributed by atoms with Gasteiger partial charge in [0, 0.05) is 31.5 Å². The number of aliphatic hydroxyl groups is 1. The van der Waals surface area contributed by atoms with E-state index in [0.717, 1.165) is 11.8 Å². The maximum absolute atomic E-state index is 14.1. The highest BCUT2D eigenvalue weighted by Crippen LogP contribution is 2.45. The third kappa shape index (κ3) is 3.78. The quantitative estimate of drug-likeness (QED) is 0.325. The molecule has 1 amide bonds. The van der Waals surface area contributed by atoms with Gasteiger partial charge in [-0.1, -0.05) is 12.1 Å². The summed E-state index contributed by atoms with van der Waals surface area (Å²) in [5, 5.41) is 11.3. The highest BCUT2D eigenvalue weighted by molar-refractivity contribution is 6.51. The zero-order chi connectivity index (χ0) is 25.6. The van der Waals surface area contributed by atoms with Crippen LogP contribution in [0.25, 0.3) is 5.76 Å². The standard InChI is InChI=1S/C27H23FN2O6/c1-29(2)17-7-4-15(5-8-17)24-23(25(31)19-12-16(28)6-10-20(19)34-3)26(32)27(33)30(24)18-9-11-21-22(13-18)36-14-35-21/h4-13,24,31H,14H2,1-3H3/b25-23+. The molecule has 184 valence electrons. The number of aliphatic hydroxyl groups excluding tert-OH is 1. The Morgan fingerprint density at radius 1 is 1.03 bits per heavy atom. The fraction of sp³-hybridized carbons (Fsp3) is 0.185. The van der Waals surface area contributed by atoms with Gasteiger partial charge in [0.2, 0.25) is 6.79 Å². The molecule has 1 atom stereocenters. The number of ether oxygens (including phenoxy) is 3. The van der Waals surface area contributed by atoms with E-state index in [9.17, 15) is 19.1 Å². The van der Waals surface area contributed by atoms with Gasteiger partial charge in [-0.15, -0.1) is 0 Å². The first-order valence-corrected chi connectivity index (χ1v) is 11.1. The van der Waals surface area contributed by atoms with Gasteiger partial charge in [0.05, 0.1) is 24.3 Å². The van der Waals surface area contributed by atoms with Gasteiger partial charge >= 0.3 is 0 Å². The summed E-state index contributed by atoms with van der Waals surface area (Å²) in [6.07, 6.45) is 0. The zero-order valence-electron chi connectivity index (χ0n) is 19.8. The number of hydrogen-bond donors (Lipinski definition) is 1. The van der Waals surface area contributed by atoms with Crippen LogP contribution < -0.4 is 24.0 Å². The fourth-order valence-electron chi connectivity index (χ4n) is 4.41. The maximum Gasteiger partial charge on any atom is 0.300 e. The van der Waals surface area contributed by atoms with E-state index >= 15 is 0 Å². The second-order valence-electron chi connectivity index (χ2n) is 8.54. The van der Waals surface area contributed by atoms with Crippen molar-refractivity contribution in [1.29, 1.82) is 0 Å². The van der Waals surface area contributed by atoms with E-state index in [1.54, 1.807) is 30.3 Å². The first kappa shape index (κ1) is 23.2. The predicted molar refractivity (Wildman–Crippen MR) is 131 cm³/mol. The maximum atomic E-state index is 14.1. The Hall–Kier alpha value is -4.53. The lowest BCUT2D eigenvalue weighted by Crippen LogP contribution is -2.29. The highest BCUT2D eigenvalue weighted by atomic mass is 19.1. The molecular formula is C27H23FN2O6. The first-order valence-electron chi connectivity index (χ1n) is 11.1. The van der Waals surface area contributed by atoms with Crippen LogP contribution in [-0.2, 0) is 9.59 Å². The Kier molecular flexibility index (Phi) is 5.75. The summed E-state index contributed by atoms with van der Waals surface area (Å²) in [5.41, 5.74) is 1.66. The summed E-state index contributed by atoms with van der Waals surface area (Å²) in [5.74, 6) is -1.80. The number of benzene rings is 3. The van der Waals surface area contributed by atoms with E-state index in [2.05, 4.69) is 0 Å². The van der Waals surface area contributed by atoms with Gasteiger partial charge in [-0.2, -0.15) is 0 Å². The van der Waals surface area contributed by atoms with E-state index in [4.69, 9.17) is 14.2 Å². The number of halogens is 1. The van der Waals surface area contributed by atoms with Crippen LogP contribution in [0.5, 0.6) is 17.2 Å². The molecule has 0 aliphatic carbocycles. The molecule has 8 nitrogen and oxygen atoms in total. The monoisotopic (exact) mass is 490 g/mol. The molecular weight excluding hydrogens is 467 g/mol. The molecule has 36 heavy (non-hydrogen) atoms. The van der Waals surface area contributed by atoms with Crippen molar-refractivity contribution in [2.75, 3.05) is 37.8 Å². The van der Waals surface area contributed by atoms with Crippen molar-refractivity contribution >= 4 is 28.8 Å². The molecule has 1 unspecified atom stereocenters. The highest BCUT2D eigenvalue weighted by Gasteiger charge is 2.47. The van der Waals surface area contributed by atoms with Gasteiger partial charge in [0.15, 0.2) is 11.5 Å². The predicted octanol–water partition coefficient (Wildman–Crippen LogP) is 4.26. The second kappa shape index (κ2) is 8.92. The average Bonchev–Trinajstić information content (AvgIpc) is 3.45. The number of anilines is 2. The van der Waals surface area contributed by atoms with Crippen LogP contribution in [0.1, 0.15) is 17.2 Å². The number of nitrogens with zero attached hydrogens (tertiary/aromatic N) is 2. The fourth-order valence-corrected chi connectivity index (χ4v) is 4.41. The number of carbonyl (C=O) groups is 2. The van der Waals surface area contributed by atoms with Crippen LogP contribution in [0.4, 0.5) is 15.8 Å². The molecule has 1 saturated heterocycles. The minimum Gasteiger partial charge on any atom is -0.507 e. The van der Waals surface area contributed by atoms with Crippen LogP contribution in [0, 0.1) is 5.82 Å². The van der Waals surface area contributed by atoms with Crippen LogP contribution in [0.3, 0.4) is 0 Å². The third-order valence-corrected chi connectivity index (χ3v) is 6.22. The van der Waals surface area contributed by atoms with Crippen molar-refractivity contribution in [2.24, 2.45) is 0 Å². The van der Waals surface area contributed by atoms with Gasteiger partial charge < -0.3 is 24.2 Å². The van der Waals surface area contributed by atoms with Crippen molar-refractivity contribution in [3.8, 4) is 17.2 Å². The van der Waals surface area contributed by atoms with Gasteiger partial charge in [-0.25, -0.2) is 4.39 Å². The summed E-state index contributed by atoms with van der Waals surface area (Å²) < 4.78 is 30.2. The Labute approximate surface area is 206 Å². The van der Waals surface area contributed by atoms with Crippen molar-refractivity contribution in [2.45, 2.75) is 6.04 Å². The number of carbonyl (C=O) groups excluding carboxylic acids is 2. The van der Waals surface area contributed by atoms with E-state index in [1.165, 1.54) is 24.1 Å². The number of ketones is 1. The topological polar surface area (TPSA) is 88.5 Å². The zero-order valence-corrected chi connectivity index (χ0v) is 19.8. The molecule has 1 N–H and O–H groups in total. The molecule has 9 heteroatoms. The van der Waals surface area contributed by atoms with Crippen LogP contribution in [0.2, 0.25) is 0 Å². The molecule has 0 radical (unpaired) electrons. The summed E-state index contributed by atoms with van der Waals surface area (Å²) >= 11 is 0. The molecule has 3 aromatic carbocycles. The smallest absolute Gasteiger partial charge is 0.300 e. The Morgan fingerprint density at radius 3 is 2.44 bits per heavy atom. The number of hydrogen-bond acceptors (Lipinski definition) is 7. The molecule has 0 aromatic heterocycles. The van der Waals surface area contributed by atoms with Gasteiger partial charge in [-0.3, -0.25) is 14.5 Å². The number of amides is 1. The van der Waals surface area contributed by atoms with Crippen molar-refractivity contribution in [3.05, 3.63) is 83.2 Å². The molecule has 0 bridgehead atoms. The van der Waals surface area contributed by atoms with Gasteiger partial charge in [0.25, 0.3) is 11.7 Å². The third-order valence-electron chi connectivity index (χ3n) is 6.22. The number of rotatable bonds is 5. The number of fused-ring (bicyclic) bond motifs is 1. The van der Waals surface area contributed by atoms with Gasteiger partial charge in [-0.05, 0) is 48.0 Å². The van der Waals surface area contributed by atoms with E-state index in [1.807, 2.05) is 31.1 Å². The van der Waals surface area contributed by atoms with Crippen LogP contribution >= 0.6 is 0 Å². The van der Waals surface area contributed by atoms with Crippen molar-refractivity contribution in [1.82, 2.24) is 0 Å². The van der Waals surface area contributed by atoms with Crippen molar-refractivity contribution in [3.63, 3.8) is 0 Å². The summed E-state index contributed by atoms with van der Waals surface area (Å²) in [4.78, 5) is 30.0. The summed E-state index contributed by atoms with van der Waals surface area (Å²) in [6, 6.07) is 14.7. The van der Waals surface area contributed by atoms with Crippen LogP contribution in [-0.4, -0.2) is 44.8 Å². The van der Waals surface area contributed by atoms with Gasteiger partial charge in [0.1, 0.15) is 17.3 Å². The minimum atomic E-state index is -0.991. The minimum absolute atomic E-state index is 0.0314. The largest absolute Gasteiger partial charge is 0.507 e. The summed E-state index contributed by atoms with van der Waals surface area (Å²) in [6.45, 7) is 0.0480. The number of Topliss-reactive ketones (excluding diaryl/α,β-unsaturated/α-hetero) is 1. The van der Waals surface area contributed by atoms with Crippen molar-refractivity contribution < 1.29 is 33.3 Å². The Morgan fingerprint density at radius 2 is 1.75 bits per heavy atom. The molecule has 2 heterocycles. The molecule has 1 fully saturated rings. The van der Waals surface area contributed by atoms with Crippen LogP contribution in [0.15, 0.2) is 66.2 Å². The molecule has 2 aliphatic heterocycles. The average molecular weight is 490 g/mol. The Balaban J connectivity index is 1.72. The van der Waals surface area contributed by atoms with E-state index < -0.39 is 29.3 Å².